The fraction of sp³-hybridized carbons (Fsp3) is 0.611. The molecule has 0 saturated carbocycles. The average Bonchev–Trinajstić information content (AvgIpc) is 2.55. The molecule has 0 aliphatic carbocycles. The first-order chi connectivity index (χ1) is 11.5. The largest absolute Gasteiger partial charge is 0.497 e. The molecule has 142 valence electrons. The Bertz CT molecular complexity index is 550. The highest BCUT2D eigenvalue weighted by Gasteiger charge is 2.33. The molecule has 1 aliphatic rings. The lowest BCUT2D eigenvalue weighted by molar-refractivity contribution is -0.0945. The number of hydrogen-bond acceptors (Lipinski definition) is 4. The first kappa shape index (κ1) is 21.8. The maximum Gasteiger partial charge on any atom is 0.191 e. The number of nitrogens with one attached hydrogen (secondary N) is 2. The average molecular weight is 463 g/mol. The molecule has 1 atom stereocenters. The van der Waals surface area contributed by atoms with Gasteiger partial charge in [-0.25, -0.2) is 0 Å². The van der Waals surface area contributed by atoms with E-state index in [0.717, 1.165) is 43.8 Å². The van der Waals surface area contributed by atoms with Gasteiger partial charge in [0.05, 0.1) is 33.4 Å². The van der Waals surface area contributed by atoms with E-state index in [4.69, 9.17) is 14.2 Å². The van der Waals surface area contributed by atoms with Gasteiger partial charge in [-0.1, -0.05) is 13.0 Å². The van der Waals surface area contributed by atoms with E-state index >= 15 is 0 Å². The van der Waals surface area contributed by atoms with Crippen LogP contribution in [0.5, 0.6) is 11.5 Å². The third-order valence-corrected chi connectivity index (χ3v) is 3.80. The summed E-state index contributed by atoms with van der Waals surface area (Å²) in [5, 5.41) is 6.60. The number of ether oxygens (including phenoxy) is 3. The summed E-state index contributed by atoms with van der Waals surface area (Å²) in [5.74, 6) is 2.40. The molecule has 0 radical (unpaired) electrons. The Morgan fingerprint density at radius 3 is 2.64 bits per heavy atom. The zero-order chi connectivity index (χ0) is 17.4. The second-order valence-electron chi connectivity index (χ2n) is 6.49. The summed E-state index contributed by atoms with van der Waals surface area (Å²) in [6.45, 7) is 10.1. The van der Waals surface area contributed by atoms with Crippen LogP contribution in [0.15, 0.2) is 29.3 Å². The van der Waals surface area contributed by atoms with E-state index in [0.29, 0.717) is 6.54 Å². The minimum absolute atomic E-state index is 0. The molecule has 1 aromatic carbocycles. The standard InChI is InChI=1S/C18H29N3O3.HI/c1-5-19-17(21-11-18(3)12-23-13-18)20-10-14(2)24-16-8-6-7-15(9-16)22-4;/h6-9,14H,5,10-13H2,1-4H3,(H2,19,20,21);1H. The third-order valence-electron chi connectivity index (χ3n) is 3.80. The summed E-state index contributed by atoms with van der Waals surface area (Å²) in [7, 11) is 1.65. The minimum Gasteiger partial charge on any atom is -0.497 e. The highest BCUT2D eigenvalue weighted by molar-refractivity contribution is 14.0. The number of rotatable bonds is 8. The molecule has 0 amide bonds. The van der Waals surface area contributed by atoms with Crippen LogP contribution in [-0.2, 0) is 4.74 Å². The van der Waals surface area contributed by atoms with E-state index < -0.39 is 0 Å². The molecule has 2 rings (SSSR count). The summed E-state index contributed by atoms with van der Waals surface area (Å²) in [4.78, 5) is 4.65. The van der Waals surface area contributed by atoms with Crippen molar-refractivity contribution < 1.29 is 14.2 Å². The molecule has 2 N–H and O–H groups in total. The Labute approximate surface area is 167 Å². The van der Waals surface area contributed by atoms with E-state index in [1.165, 1.54) is 0 Å². The predicted octanol–water partition coefficient (Wildman–Crippen LogP) is 2.67. The molecule has 1 saturated heterocycles. The first-order valence-electron chi connectivity index (χ1n) is 8.45. The van der Waals surface area contributed by atoms with Crippen LogP contribution >= 0.6 is 24.0 Å². The maximum absolute atomic E-state index is 5.92. The molecule has 1 unspecified atom stereocenters. The van der Waals surface area contributed by atoms with E-state index in [9.17, 15) is 0 Å². The fourth-order valence-electron chi connectivity index (χ4n) is 2.34. The molecule has 0 aromatic heterocycles. The van der Waals surface area contributed by atoms with Gasteiger partial charge in [-0.3, -0.25) is 4.99 Å². The molecular weight excluding hydrogens is 433 g/mol. The van der Waals surface area contributed by atoms with E-state index in [-0.39, 0.29) is 35.5 Å². The number of benzene rings is 1. The van der Waals surface area contributed by atoms with Crippen molar-refractivity contribution >= 4 is 29.9 Å². The van der Waals surface area contributed by atoms with Crippen LogP contribution in [-0.4, -0.2) is 52.0 Å². The van der Waals surface area contributed by atoms with E-state index in [2.05, 4.69) is 29.5 Å². The number of aliphatic imine (C=N–C) groups is 1. The lowest BCUT2D eigenvalue weighted by Gasteiger charge is -2.36. The summed E-state index contributed by atoms with van der Waals surface area (Å²) in [5.41, 5.74) is 0.172. The summed E-state index contributed by atoms with van der Waals surface area (Å²) in [6.07, 6.45) is 0.00332. The van der Waals surface area contributed by atoms with Crippen LogP contribution in [0.1, 0.15) is 20.8 Å². The van der Waals surface area contributed by atoms with Gasteiger partial charge in [0.25, 0.3) is 0 Å². The van der Waals surface area contributed by atoms with Crippen LogP contribution < -0.4 is 20.1 Å². The van der Waals surface area contributed by atoms with Crippen molar-refractivity contribution in [1.29, 1.82) is 0 Å². The number of nitrogens with zero attached hydrogens (tertiary/aromatic N) is 1. The first-order valence-corrected chi connectivity index (χ1v) is 8.45. The Balaban J connectivity index is 0.00000312. The molecule has 1 aliphatic heterocycles. The van der Waals surface area contributed by atoms with Gasteiger partial charge >= 0.3 is 0 Å². The van der Waals surface area contributed by atoms with Gasteiger partial charge < -0.3 is 24.8 Å². The van der Waals surface area contributed by atoms with Gasteiger partial charge in [-0.2, -0.15) is 0 Å². The van der Waals surface area contributed by atoms with Crippen LogP contribution in [0.4, 0.5) is 0 Å². The van der Waals surface area contributed by atoms with Crippen LogP contribution in [0.2, 0.25) is 0 Å². The Hall–Kier alpha value is -1.22. The quantitative estimate of drug-likeness (QED) is 0.353. The Morgan fingerprint density at radius 1 is 1.32 bits per heavy atom. The number of halogens is 1. The predicted molar refractivity (Wildman–Crippen MR) is 111 cm³/mol. The van der Waals surface area contributed by atoms with Crippen LogP contribution in [0, 0.1) is 5.41 Å². The van der Waals surface area contributed by atoms with Gasteiger partial charge in [-0.05, 0) is 26.0 Å². The van der Waals surface area contributed by atoms with Gasteiger partial charge in [0, 0.05) is 18.0 Å². The van der Waals surface area contributed by atoms with E-state index in [1.54, 1.807) is 7.11 Å². The summed E-state index contributed by atoms with van der Waals surface area (Å²) >= 11 is 0. The number of hydrogen-bond donors (Lipinski definition) is 2. The van der Waals surface area contributed by atoms with Crippen molar-refractivity contribution in [3.8, 4) is 11.5 Å². The zero-order valence-electron chi connectivity index (χ0n) is 15.5. The highest BCUT2D eigenvalue weighted by Crippen LogP contribution is 2.26. The van der Waals surface area contributed by atoms with Gasteiger partial charge in [-0.15, -0.1) is 24.0 Å². The lowest BCUT2D eigenvalue weighted by Crippen LogP contribution is -2.45. The molecule has 6 nitrogen and oxygen atoms in total. The van der Waals surface area contributed by atoms with Gasteiger partial charge in [0.1, 0.15) is 17.6 Å². The summed E-state index contributed by atoms with van der Waals surface area (Å²) < 4.78 is 16.4. The second-order valence-corrected chi connectivity index (χ2v) is 6.49. The molecule has 0 spiro atoms. The Morgan fingerprint density at radius 2 is 2.04 bits per heavy atom. The molecule has 1 heterocycles. The fourth-order valence-corrected chi connectivity index (χ4v) is 2.34. The molecule has 1 aromatic rings. The van der Waals surface area contributed by atoms with E-state index in [1.807, 2.05) is 31.2 Å². The van der Waals surface area contributed by atoms with Gasteiger partial charge in [0.2, 0.25) is 0 Å². The van der Waals surface area contributed by atoms with Crippen molar-refractivity contribution in [2.45, 2.75) is 26.9 Å². The second kappa shape index (κ2) is 10.7. The van der Waals surface area contributed by atoms with Crippen molar-refractivity contribution in [3.63, 3.8) is 0 Å². The molecule has 0 bridgehead atoms. The molecule has 7 heteroatoms. The minimum atomic E-state index is 0. The summed E-state index contributed by atoms with van der Waals surface area (Å²) in [6, 6.07) is 7.63. The monoisotopic (exact) mass is 463 g/mol. The van der Waals surface area contributed by atoms with Crippen molar-refractivity contribution in [2.75, 3.05) is 40.0 Å². The van der Waals surface area contributed by atoms with Crippen molar-refractivity contribution in [3.05, 3.63) is 24.3 Å². The van der Waals surface area contributed by atoms with Crippen LogP contribution in [0.25, 0.3) is 0 Å². The number of guanidine groups is 1. The Kier molecular flexibility index (Phi) is 9.34. The smallest absolute Gasteiger partial charge is 0.191 e. The van der Waals surface area contributed by atoms with Crippen molar-refractivity contribution in [2.24, 2.45) is 10.4 Å². The molecular formula is C18H30IN3O3. The topological polar surface area (TPSA) is 64.1 Å². The highest BCUT2D eigenvalue weighted by atomic mass is 127. The third kappa shape index (κ3) is 7.27. The SMILES string of the molecule is CCNC(=NCC1(C)COC1)NCC(C)Oc1cccc(OC)c1.I. The molecule has 1 fully saturated rings. The van der Waals surface area contributed by atoms with Gasteiger partial charge in [0.15, 0.2) is 5.96 Å². The van der Waals surface area contributed by atoms with Crippen LogP contribution in [0.3, 0.4) is 0 Å². The lowest BCUT2D eigenvalue weighted by atomic mass is 9.89. The molecule has 25 heavy (non-hydrogen) atoms. The zero-order valence-corrected chi connectivity index (χ0v) is 17.8. The number of methoxy groups -OCH3 is 1. The van der Waals surface area contributed by atoms with Crippen molar-refractivity contribution in [1.82, 2.24) is 10.6 Å². The maximum atomic E-state index is 5.92. The normalized spacial score (nSPS) is 16.9.